The fraction of sp³-hybridized carbons (Fsp3) is 0.270. The minimum atomic E-state index is -1.03. The molecule has 1 aliphatic rings. The molecule has 244 valence electrons. The van der Waals surface area contributed by atoms with Crippen LogP contribution in [0.2, 0.25) is 5.02 Å². The molecule has 1 saturated carbocycles. The summed E-state index contributed by atoms with van der Waals surface area (Å²) in [7, 11) is 0. The summed E-state index contributed by atoms with van der Waals surface area (Å²) in [5, 5.41) is 10.2. The van der Waals surface area contributed by atoms with Crippen LogP contribution in [0.15, 0.2) is 78.9 Å². The molecule has 1 aliphatic carbocycles. The van der Waals surface area contributed by atoms with Crippen molar-refractivity contribution in [2.24, 2.45) is 0 Å². The summed E-state index contributed by atoms with van der Waals surface area (Å²) in [6.07, 6.45) is 5.23. The number of amides is 1. The molecule has 10 heteroatoms. The van der Waals surface area contributed by atoms with Gasteiger partial charge in [0.1, 0.15) is 24.0 Å². The van der Waals surface area contributed by atoms with E-state index in [2.05, 4.69) is 4.57 Å². The number of imidazole rings is 1. The molecule has 0 aliphatic heterocycles. The Labute approximate surface area is 284 Å². The van der Waals surface area contributed by atoms with Crippen molar-refractivity contribution in [3.05, 3.63) is 101 Å². The van der Waals surface area contributed by atoms with E-state index in [0.717, 1.165) is 60.0 Å². The van der Waals surface area contributed by atoms with Crippen LogP contribution >= 0.6 is 24.0 Å². The Morgan fingerprint density at radius 3 is 2.36 bits per heavy atom. The maximum atomic E-state index is 15.9. The second-order valence-electron chi connectivity index (χ2n) is 11.6. The third kappa shape index (κ3) is 7.14. The summed E-state index contributed by atoms with van der Waals surface area (Å²) in [6.45, 7) is 4.11. The van der Waals surface area contributed by atoms with Gasteiger partial charge in [0.25, 0.3) is 0 Å². The number of rotatable bonds is 9. The Morgan fingerprint density at radius 1 is 0.979 bits per heavy atom. The van der Waals surface area contributed by atoms with Crippen LogP contribution < -0.4 is 9.64 Å². The number of aromatic carboxylic acids is 1. The molecule has 0 unspecified atom stereocenters. The minimum Gasteiger partial charge on any atom is -0.489 e. The first-order chi connectivity index (χ1) is 22.2. The highest BCUT2D eigenvalue weighted by Crippen LogP contribution is 2.38. The summed E-state index contributed by atoms with van der Waals surface area (Å²) in [6, 6.07) is 23.1. The summed E-state index contributed by atoms with van der Waals surface area (Å²) >= 11 is 6.13. The maximum absolute atomic E-state index is 15.9. The first-order valence-electron chi connectivity index (χ1n) is 15.6. The molecule has 1 heterocycles. The number of carboxylic acid groups (broad SMARTS) is 1. The molecule has 1 N–H and O–H groups in total. The van der Waals surface area contributed by atoms with E-state index in [1.54, 1.807) is 35.2 Å². The lowest BCUT2D eigenvalue weighted by atomic mass is 9.94. The lowest BCUT2D eigenvalue weighted by Crippen LogP contribution is -2.28. The SMILES string of the molecule is CCN(C(C)=O)c1ccc(-c2ccc(Cl)cc2)c(COc2ccc(-c3nc4cc(C(=O)O)ccc4n3C3CCCCC3)c(F)c2)c1.Cl. The number of hydrogen-bond acceptors (Lipinski definition) is 4. The van der Waals surface area contributed by atoms with Gasteiger partial charge in [0.15, 0.2) is 0 Å². The fourth-order valence-electron chi connectivity index (χ4n) is 6.42. The van der Waals surface area contributed by atoms with Crippen molar-refractivity contribution in [1.82, 2.24) is 9.55 Å². The van der Waals surface area contributed by atoms with Gasteiger partial charge in [-0.15, -0.1) is 12.4 Å². The van der Waals surface area contributed by atoms with E-state index in [4.69, 9.17) is 21.3 Å². The van der Waals surface area contributed by atoms with Crippen LogP contribution in [0, 0.1) is 5.82 Å². The minimum absolute atomic E-state index is 0. The maximum Gasteiger partial charge on any atom is 0.335 e. The molecular formula is C37H36Cl2FN3O4. The highest BCUT2D eigenvalue weighted by Gasteiger charge is 2.25. The van der Waals surface area contributed by atoms with Crippen molar-refractivity contribution >= 4 is 52.6 Å². The highest BCUT2D eigenvalue weighted by molar-refractivity contribution is 6.30. The fourth-order valence-corrected chi connectivity index (χ4v) is 6.55. The quantitative estimate of drug-likeness (QED) is 0.168. The summed E-state index contributed by atoms with van der Waals surface area (Å²) in [5.41, 5.74) is 5.24. The summed E-state index contributed by atoms with van der Waals surface area (Å²) < 4.78 is 24.2. The zero-order chi connectivity index (χ0) is 32.4. The van der Waals surface area contributed by atoms with Crippen molar-refractivity contribution in [3.8, 4) is 28.3 Å². The van der Waals surface area contributed by atoms with E-state index < -0.39 is 11.8 Å². The first-order valence-corrected chi connectivity index (χ1v) is 16.0. The smallest absolute Gasteiger partial charge is 0.335 e. The van der Waals surface area contributed by atoms with Crippen LogP contribution in [0.25, 0.3) is 33.5 Å². The van der Waals surface area contributed by atoms with Crippen LogP contribution in [-0.4, -0.2) is 33.1 Å². The molecule has 7 nitrogen and oxygen atoms in total. The summed E-state index contributed by atoms with van der Waals surface area (Å²) in [5.74, 6) is -0.749. The Hall–Kier alpha value is -4.40. The molecule has 6 rings (SSSR count). The van der Waals surface area contributed by atoms with Crippen molar-refractivity contribution in [2.75, 3.05) is 11.4 Å². The number of anilines is 1. The standard InChI is InChI=1S/C37H35ClFN3O4.ClH/c1-3-41(23(2)43)29-14-16-31(24-9-12-27(38)13-10-24)26(19-29)22-46-30-15-17-32(33(39)21-30)36-40-34-20-25(37(44)45)11-18-35(34)42(36)28-7-5-4-6-8-28;/h9-21,28H,3-8,22H2,1-2H3,(H,44,45);1H. The second kappa shape index (κ2) is 14.6. The van der Waals surface area contributed by atoms with Crippen molar-refractivity contribution in [3.63, 3.8) is 0 Å². The molecule has 1 fully saturated rings. The zero-order valence-electron chi connectivity index (χ0n) is 26.2. The normalized spacial score (nSPS) is 13.3. The lowest BCUT2D eigenvalue weighted by molar-refractivity contribution is -0.116. The van der Waals surface area contributed by atoms with Crippen molar-refractivity contribution in [2.45, 2.75) is 58.6 Å². The monoisotopic (exact) mass is 675 g/mol. The third-order valence-corrected chi connectivity index (χ3v) is 8.96. The molecule has 0 saturated heterocycles. The Balaban J connectivity index is 0.00000433. The number of hydrogen-bond donors (Lipinski definition) is 1. The van der Waals surface area contributed by atoms with Crippen LogP contribution in [0.5, 0.6) is 5.75 Å². The number of ether oxygens (including phenoxy) is 1. The number of carbonyl (C=O) groups is 2. The highest BCUT2D eigenvalue weighted by atomic mass is 35.5. The second-order valence-corrected chi connectivity index (χ2v) is 12.1. The van der Waals surface area contributed by atoms with E-state index in [9.17, 15) is 14.7 Å². The number of aromatic nitrogens is 2. The molecule has 0 atom stereocenters. The van der Waals surface area contributed by atoms with E-state index in [1.165, 1.54) is 13.0 Å². The van der Waals surface area contributed by atoms with Crippen molar-refractivity contribution in [1.29, 1.82) is 0 Å². The topological polar surface area (TPSA) is 84.7 Å². The number of carboxylic acids is 1. The van der Waals surface area contributed by atoms with Gasteiger partial charge in [0.2, 0.25) is 5.91 Å². The number of carbonyl (C=O) groups excluding carboxylic acids is 1. The number of fused-ring (bicyclic) bond motifs is 1. The zero-order valence-corrected chi connectivity index (χ0v) is 27.8. The molecule has 0 radical (unpaired) electrons. The predicted molar refractivity (Wildman–Crippen MR) is 186 cm³/mol. The van der Waals surface area contributed by atoms with Crippen molar-refractivity contribution < 1.29 is 23.8 Å². The van der Waals surface area contributed by atoms with Gasteiger partial charge in [0.05, 0.1) is 22.2 Å². The summed E-state index contributed by atoms with van der Waals surface area (Å²) in [4.78, 5) is 30.4. The Kier molecular flexibility index (Phi) is 10.5. The molecule has 5 aromatic rings. The first kappa shape index (κ1) is 33.9. The third-order valence-electron chi connectivity index (χ3n) is 8.70. The van der Waals surface area contributed by atoms with Crippen LogP contribution in [0.4, 0.5) is 10.1 Å². The van der Waals surface area contributed by atoms with E-state index in [1.807, 2.05) is 49.4 Å². The van der Waals surface area contributed by atoms with Gasteiger partial charge in [0, 0.05) is 36.3 Å². The van der Waals surface area contributed by atoms with E-state index in [-0.39, 0.29) is 36.5 Å². The molecule has 47 heavy (non-hydrogen) atoms. The predicted octanol–water partition coefficient (Wildman–Crippen LogP) is 9.74. The number of nitrogens with zero attached hydrogens (tertiary/aromatic N) is 3. The molecular weight excluding hydrogens is 640 g/mol. The van der Waals surface area contributed by atoms with Crippen LogP contribution in [-0.2, 0) is 11.4 Å². The number of halogens is 3. The lowest BCUT2D eigenvalue weighted by Gasteiger charge is -2.26. The molecule has 1 amide bonds. The van der Waals surface area contributed by atoms with Gasteiger partial charge >= 0.3 is 5.97 Å². The van der Waals surface area contributed by atoms with Gasteiger partial charge in [-0.05, 0) is 91.1 Å². The average Bonchev–Trinajstić information content (AvgIpc) is 3.43. The average molecular weight is 677 g/mol. The Bertz CT molecular complexity index is 1920. The molecule has 4 aromatic carbocycles. The van der Waals surface area contributed by atoms with Gasteiger partial charge in [-0.2, -0.15) is 0 Å². The largest absolute Gasteiger partial charge is 0.489 e. The molecule has 0 bridgehead atoms. The van der Waals surface area contributed by atoms with Crippen LogP contribution in [0.1, 0.15) is 67.9 Å². The van der Waals surface area contributed by atoms with Gasteiger partial charge in [-0.1, -0.05) is 49.1 Å². The molecule has 0 spiro atoms. The Morgan fingerprint density at radius 2 is 1.70 bits per heavy atom. The van der Waals surface area contributed by atoms with Gasteiger partial charge in [-0.25, -0.2) is 14.2 Å². The number of benzene rings is 4. The van der Waals surface area contributed by atoms with Gasteiger partial charge < -0.3 is 19.3 Å². The van der Waals surface area contributed by atoms with E-state index in [0.29, 0.717) is 34.2 Å². The van der Waals surface area contributed by atoms with Gasteiger partial charge in [-0.3, -0.25) is 4.79 Å². The van der Waals surface area contributed by atoms with E-state index >= 15 is 4.39 Å². The van der Waals surface area contributed by atoms with Crippen LogP contribution in [0.3, 0.4) is 0 Å². The molecule has 1 aromatic heterocycles.